The van der Waals surface area contributed by atoms with Crippen LogP contribution in [0.3, 0.4) is 0 Å². The highest BCUT2D eigenvalue weighted by atomic mass is 32.1. The van der Waals surface area contributed by atoms with Gasteiger partial charge in [-0.3, -0.25) is 4.79 Å². The van der Waals surface area contributed by atoms with Crippen molar-refractivity contribution in [1.29, 1.82) is 0 Å². The summed E-state index contributed by atoms with van der Waals surface area (Å²) in [6.45, 7) is 5.39. The second-order valence-electron chi connectivity index (χ2n) is 5.37. The number of ether oxygens (including phenoxy) is 1. The molecule has 3 aromatic heterocycles. The maximum Gasteiger partial charge on any atom is 0.405 e. The van der Waals surface area contributed by atoms with E-state index in [0.717, 1.165) is 10.4 Å². The number of carbonyl (C=O) groups is 1. The number of carbonyl (C=O) groups excluding carboxylic acids is 1. The average Bonchev–Trinajstić information content (AvgIpc) is 2.82. The number of nitrogens with one attached hydrogen (secondary N) is 1. The van der Waals surface area contributed by atoms with Gasteiger partial charge < -0.3 is 14.9 Å². The molecule has 0 fully saturated rings. The van der Waals surface area contributed by atoms with Crippen LogP contribution in [-0.2, 0) is 4.74 Å². The first kappa shape index (κ1) is 16.1. The summed E-state index contributed by atoms with van der Waals surface area (Å²) in [6, 6.07) is 4.45. The molecule has 8 heteroatoms. The van der Waals surface area contributed by atoms with E-state index in [-0.39, 0.29) is 17.1 Å². The molecule has 0 amide bonds. The van der Waals surface area contributed by atoms with E-state index in [4.69, 9.17) is 4.74 Å². The van der Waals surface area contributed by atoms with Crippen molar-refractivity contribution in [3.63, 3.8) is 0 Å². The molecule has 0 saturated carbocycles. The fourth-order valence-electron chi connectivity index (χ4n) is 2.33. The van der Waals surface area contributed by atoms with Gasteiger partial charge in [0, 0.05) is 17.0 Å². The molecule has 0 unspecified atom stereocenters. The molecule has 1 N–H and O–H groups in total. The van der Waals surface area contributed by atoms with Gasteiger partial charge in [0.05, 0.1) is 5.39 Å². The van der Waals surface area contributed by atoms with E-state index in [0.29, 0.717) is 14.9 Å². The summed E-state index contributed by atoms with van der Waals surface area (Å²) in [6.07, 6.45) is 0.419. The summed E-state index contributed by atoms with van der Waals surface area (Å²) in [4.78, 5) is 33.0. The van der Waals surface area contributed by atoms with Crippen molar-refractivity contribution in [1.82, 2.24) is 9.97 Å². The Labute approximate surface area is 141 Å². The van der Waals surface area contributed by atoms with Gasteiger partial charge in [-0.15, -0.1) is 11.3 Å². The summed E-state index contributed by atoms with van der Waals surface area (Å²) < 4.78 is 5.69. The molecule has 0 aliphatic rings. The minimum absolute atomic E-state index is 0.129. The van der Waals surface area contributed by atoms with Crippen molar-refractivity contribution >= 4 is 27.5 Å². The Morgan fingerprint density at radius 1 is 1.42 bits per heavy atom. The first-order valence-corrected chi connectivity index (χ1v) is 8.09. The number of H-pyrrole nitrogens is 1. The molecule has 3 aromatic rings. The van der Waals surface area contributed by atoms with Crippen LogP contribution in [0.1, 0.15) is 39.8 Å². The summed E-state index contributed by atoms with van der Waals surface area (Å²) >= 11 is 1.42. The number of esters is 1. The van der Waals surface area contributed by atoms with Crippen molar-refractivity contribution in [2.75, 3.05) is 0 Å². The number of pyridine rings is 1. The summed E-state index contributed by atoms with van der Waals surface area (Å²) in [7, 11) is 0. The minimum atomic E-state index is -0.794. The minimum Gasteiger partial charge on any atom is -0.618 e. The number of nitrogens with zero attached hydrogens (tertiary/aromatic N) is 2. The van der Waals surface area contributed by atoms with E-state index < -0.39 is 12.1 Å². The van der Waals surface area contributed by atoms with Crippen LogP contribution >= 0.6 is 11.3 Å². The van der Waals surface area contributed by atoms with Crippen molar-refractivity contribution in [3.05, 3.63) is 61.9 Å². The number of rotatable bonds is 3. The molecule has 124 valence electrons. The molecule has 0 radical (unpaired) electrons. The number of hydrogen-bond acceptors (Lipinski definition) is 6. The van der Waals surface area contributed by atoms with Crippen LogP contribution in [0, 0.1) is 19.1 Å². The van der Waals surface area contributed by atoms with Gasteiger partial charge in [-0.25, -0.2) is 9.78 Å². The topological polar surface area (TPSA) is 99.0 Å². The first-order chi connectivity index (χ1) is 11.4. The van der Waals surface area contributed by atoms with Crippen LogP contribution in [0.5, 0.6) is 0 Å². The second-order valence-corrected chi connectivity index (χ2v) is 6.58. The SMILES string of the molecule is Cc1sc2nc([C@@H](C)OC(=O)c3cccc[n+]3[O-])[nH]c(=O)c2c1C. The summed E-state index contributed by atoms with van der Waals surface area (Å²) in [5.74, 6) is -0.533. The van der Waals surface area contributed by atoms with Crippen LogP contribution in [0.2, 0.25) is 0 Å². The van der Waals surface area contributed by atoms with Crippen molar-refractivity contribution in [3.8, 4) is 0 Å². The molecule has 0 aromatic carbocycles. The lowest BCUT2D eigenvalue weighted by molar-refractivity contribution is -0.608. The van der Waals surface area contributed by atoms with Crippen LogP contribution in [0.25, 0.3) is 10.2 Å². The van der Waals surface area contributed by atoms with E-state index in [1.165, 1.54) is 29.7 Å². The summed E-state index contributed by atoms with van der Waals surface area (Å²) in [5, 5.41) is 12.1. The summed E-state index contributed by atoms with van der Waals surface area (Å²) in [5.41, 5.74) is 0.505. The number of aromatic nitrogens is 3. The molecule has 0 aliphatic carbocycles. The van der Waals surface area contributed by atoms with E-state index in [9.17, 15) is 14.8 Å². The number of thiophene rings is 1. The fraction of sp³-hybridized carbons (Fsp3) is 0.250. The zero-order valence-corrected chi connectivity index (χ0v) is 14.1. The van der Waals surface area contributed by atoms with Gasteiger partial charge in [-0.1, -0.05) is 0 Å². The third-order valence-corrected chi connectivity index (χ3v) is 4.86. The molecule has 0 bridgehead atoms. The average molecular weight is 345 g/mol. The molecule has 3 rings (SSSR count). The molecular formula is C16H15N3O4S. The number of aromatic amines is 1. The third kappa shape index (κ3) is 2.76. The van der Waals surface area contributed by atoms with E-state index in [2.05, 4.69) is 9.97 Å². The molecular weight excluding hydrogens is 330 g/mol. The van der Waals surface area contributed by atoms with Crippen molar-refractivity contribution in [2.24, 2.45) is 0 Å². The monoisotopic (exact) mass is 345 g/mol. The van der Waals surface area contributed by atoms with Gasteiger partial charge in [0.15, 0.2) is 18.1 Å². The molecule has 0 spiro atoms. The Kier molecular flexibility index (Phi) is 4.06. The Balaban J connectivity index is 1.92. The smallest absolute Gasteiger partial charge is 0.405 e. The van der Waals surface area contributed by atoms with E-state index >= 15 is 0 Å². The largest absolute Gasteiger partial charge is 0.618 e. The predicted molar refractivity (Wildman–Crippen MR) is 88.9 cm³/mol. The lowest BCUT2D eigenvalue weighted by atomic mass is 10.2. The molecule has 3 heterocycles. The molecule has 1 atom stereocenters. The predicted octanol–water partition coefficient (Wildman–Crippen LogP) is 2.15. The zero-order chi connectivity index (χ0) is 17.4. The van der Waals surface area contributed by atoms with Gasteiger partial charge in [0.1, 0.15) is 4.83 Å². The zero-order valence-electron chi connectivity index (χ0n) is 13.3. The Morgan fingerprint density at radius 2 is 2.17 bits per heavy atom. The lowest BCUT2D eigenvalue weighted by Gasteiger charge is -2.12. The number of fused-ring (bicyclic) bond motifs is 1. The van der Waals surface area contributed by atoms with Gasteiger partial charge in [-0.2, -0.15) is 4.73 Å². The number of aryl methyl sites for hydroxylation is 2. The van der Waals surface area contributed by atoms with Crippen LogP contribution in [-0.4, -0.2) is 15.9 Å². The van der Waals surface area contributed by atoms with Gasteiger partial charge in [0.25, 0.3) is 5.56 Å². The van der Waals surface area contributed by atoms with Crippen molar-refractivity contribution in [2.45, 2.75) is 26.9 Å². The highest BCUT2D eigenvalue weighted by Gasteiger charge is 2.23. The second kappa shape index (κ2) is 6.04. The third-order valence-electron chi connectivity index (χ3n) is 3.76. The Hall–Kier alpha value is -2.74. The Morgan fingerprint density at radius 3 is 2.88 bits per heavy atom. The van der Waals surface area contributed by atoms with E-state index in [1.54, 1.807) is 13.0 Å². The highest BCUT2D eigenvalue weighted by Crippen LogP contribution is 2.27. The normalized spacial score (nSPS) is 12.3. The van der Waals surface area contributed by atoms with Crippen molar-refractivity contribution < 1.29 is 14.3 Å². The van der Waals surface area contributed by atoms with Gasteiger partial charge in [0.2, 0.25) is 0 Å². The highest BCUT2D eigenvalue weighted by molar-refractivity contribution is 7.18. The van der Waals surface area contributed by atoms with Crippen LogP contribution in [0.15, 0.2) is 29.2 Å². The fourth-order valence-corrected chi connectivity index (χ4v) is 3.36. The quantitative estimate of drug-likeness (QED) is 0.445. The standard InChI is InChI=1S/C16H15N3O4S/c1-8-10(3)24-15-12(8)14(20)17-13(18-15)9(2)23-16(21)11-6-4-5-7-19(11)22/h4-7,9H,1-3H3,(H,17,18,20)/t9-/m1/s1. The number of hydrogen-bond donors (Lipinski definition) is 1. The van der Waals surface area contributed by atoms with Gasteiger partial charge >= 0.3 is 11.7 Å². The van der Waals surface area contributed by atoms with E-state index in [1.807, 2.05) is 13.8 Å². The van der Waals surface area contributed by atoms with Crippen LogP contribution < -0.4 is 10.3 Å². The Bertz CT molecular complexity index is 993. The lowest BCUT2D eigenvalue weighted by Crippen LogP contribution is -2.35. The van der Waals surface area contributed by atoms with Gasteiger partial charge in [-0.05, 0) is 32.4 Å². The molecule has 7 nitrogen and oxygen atoms in total. The molecule has 0 aliphatic heterocycles. The molecule has 0 saturated heterocycles. The first-order valence-electron chi connectivity index (χ1n) is 7.27. The maximum atomic E-state index is 12.3. The maximum absolute atomic E-state index is 12.3. The molecule has 24 heavy (non-hydrogen) atoms. The van der Waals surface area contributed by atoms with Crippen LogP contribution in [0.4, 0.5) is 0 Å².